The minimum absolute atomic E-state index is 0.0261. The molecule has 0 spiro atoms. The summed E-state index contributed by atoms with van der Waals surface area (Å²) in [6.45, 7) is -0.233. The normalized spacial score (nSPS) is 15.0. The van der Waals surface area contributed by atoms with Crippen LogP contribution in [0.4, 0.5) is 4.79 Å². The van der Waals surface area contributed by atoms with Gasteiger partial charge in [0.25, 0.3) is 11.8 Å². The number of benzene rings is 2. The molecule has 6 nitrogen and oxygen atoms in total. The lowest BCUT2D eigenvalue weighted by Crippen LogP contribution is -2.40. The number of nitrogens with one attached hydrogen (secondary N) is 1. The molecule has 0 aliphatic carbocycles. The van der Waals surface area contributed by atoms with Crippen LogP contribution >= 0.6 is 11.3 Å². The zero-order valence-corrected chi connectivity index (χ0v) is 15.1. The van der Waals surface area contributed by atoms with Gasteiger partial charge in [0.2, 0.25) is 0 Å². The van der Waals surface area contributed by atoms with Crippen molar-refractivity contribution in [2.45, 2.75) is 6.04 Å². The van der Waals surface area contributed by atoms with Crippen LogP contribution in [0.1, 0.15) is 21.3 Å². The second-order valence-corrected chi connectivity index (χ2v) is 7.23. The average Bonchev–Trinajstić information content (AvgIpc) is 3.26. The molecule has 4 rings (SSSR count). The van der Waals surface area contributed by atoms with E-state index >= 15 is 0 Å². The Balaban J connectivity index is 1.59. The van der Waals surface area contributed by atoms with Gasteiger partial charge in [-0.25, -0.2) is 9.69 Å². The van der Waals surface area contributed by atoms with Crippen LogP contribution in [0, 0.1) is 0 Å². The number of cyclic esters (lactones) is 1. The summed E-state index contributed by atoms with van der Waals surface area (Å²) in [7, 11) is 0. The molecule has 1 fully saturated rings. The smallest absolute Gasteiger partial charge is 0.417 e. The number of fused-ring (bicyclic) bond motifs is 1. The largest absolute Gasteiger partial charge is 0.439 e. The van der Waals surface area contributed by atoms with Gasteiger partial charge >= 0.3 is 6.09 Å². The van der Waals surface area contributed by atoms with Gasteiger partial charge in [0, 0.05) is 4.70 Å². The number of nitrogens with zero attached hydrogens (tertiary/aromatic N) is 1. The Kier molecular flexibility index (Phi) is 4.60. The molecular weight excluding hydrogens is 364 g/mol. The van der Waals surface area contributed by atoms with Crippen LogP contribution in [-0.2, 0) is 9.53 Å². The van der Waals surface area contributed by atoms with Crippen molar-refractivity contribution >= 4 is 39.3 Å². The van der Waals surface area contributed by atoms with Gasteiger partial charge in [-0.15, -0.1) is 11.3 Å². The Morgan fingerprint density at radius 1 is 1.11 bits per heavy atom. The zero-order valence-electron chi connectivity index (χ0n) is 14.3. The fourth-order valence-electron chi connectivity index (χ4n) is 2.98. The van der Waals surface area contributed by atoms with E-state index in [1.54, 1.807) is 0 Å². The zero-order chi connectivity index (χ0) is 18.8. The molecule has 0 radical (unpaired) electrons. The highest BCUT2D eigenvalue weighted by atomic mass is 32.1. The van der Waals surface area contributed by atoms with Crippen molar-refractivity contribution in [1.29, 1.82) is 0 Å². The highest BCUT2D eigenvalue weighted by molar-refractivity contribution is 7.20. The van der Waals surface area contributed by atoms with Gasteiger partial charge in [0.1, 0.15) is 0 Å². The number of amides is 3. The Labute approximate surface area is 159 Å². The molecule has 1 unspecified atom stereocenters. The molecule has 1 saturated heterocycles. The molecular formula is C20H16N2O4S. The van der Waals surface area contributed by atoms with Gasteiger partial charge in [-0.3, -0.25) is 9.59 Å². The highest BCUT2D eigenvalue weighted by Gasteiger charge is 2.34. The number of carbonyl (C=O) groups is 3. The monoisotopic (exact) mass is 380 g/mol. The van der Waals surface area contributed by atoms with Gasteiger partial charge in [-0.2, -0.15) is 0 Å². The summed E-state index contributed by atoms with van der Waals surface area (Å²) >= 11 is 1.40. The SMILES string of the molecule is O=C(NC(CN1C(=O)COC1=O)c1ccccc1)c1cc2ccccc2s1. The van der Waals surface area contributed by atoms with Crippen LogP contribution in [0.5, 0.6) is 0 Å². The lowest BCUT2D eigenvalue weighted by atomic mass is 10.1. The maximum atomic E-state index is 12.8. The first-order valence-electron chi connectivity index (χ1n) is 8.43. The first-order valence-corrected chi connectivity index (χ1v) is 9.25. The molecule has 1 aliphatic rings. The molecule has 1 atom stereocenters. The minimum atomic E-state index is -0.683. The first kappa shape index (κ1) is 17.2. The van der Waals surface area contributed by atoms with Crippen molar-refractivity contribution in [2.24, 2.45) is 0 Å². The quantitative estimate of drug-likeness (QED) is 0.737. The molecule has 27 heavy (non-hydrogen) atoms. The Bertz CT molecular complexity index is 966. The summed E-state index contributed by atoms with van der Waals surface area (Å²) in [6.07, 6.45) is -0.683. The molecule has 1 aliphatic heterocycles. The van der Waals surface area contributed by atoms with Crippen molar-refractivity contribution in [3.05, 3.63) is 71.1 Å². The van der Waals surface area contributed by atoms with E-state index < -0.39 is 18.0 Å². The topological polar surface area (TPSA) is 75.7 Å². The predicted octanol–water partition coefficient (Wildman–Crippen LogP) is 3.35. The fourth-order valence-corrected chi connectivity index (χ4v) is 3.95. The molecule has 2 aromatic carbocycles. The molecule has 136 valence electrons. The van der Waals surface area contributed by atoms with E-state index in [-0.39, 0.29) is 19.1 Å². The van der Waals surface area contributed by atoms with Crippen molar-refractivity contribution in [3.8, 4) is 0 Å². The fraction of sp³-hybridized carbons (Fsp3) is 0.150. The lowest BCUT2D eigenvalue weighted by Gasteiger charge is -2.22. The van der Waals surface area contributed by atoms with E-state index in [0.29, 0.717) is 4.88 Å². The number of ether oxygens (including phenoxy) is 1. The summed E-state index contributed by atoms with van der Waals surface area (Å²) in [5.41, 5.74) is 0.805. The average molecular weight is 380 g/mol. The van der Waals surface area contributed by atoms with Gasteiger partial charge in [0.05, 0.1) is 17.5 Å². The third kappa shape index (κ3) is 3.54. The number of hydrogen-bond donors (Lipinski definition) is 1. The van der Waals surface area contributed by atoms with Crippen LogP contribution < -0.4 is 5.32 Å². The predicted molar refractivity (Wildman–Crippen MR) is 102 cm³/mol. The van der Waals surface area contributed by atoms with Gasteiger partial charge in [-0.1, -0.05) is 48.5 Å². The second-order valence-electron chi connectivity index (χ2n) is 6.14. The minimum Gasteiger partial charge on any atom is -0.439 e. The molecule has 3 aromatic rings. The van der Waals surface area contributed by atoms with Crippen molar-refractivity contribution in [1.82, 2.24) is 10.2 Å². The standard InChI is InChI=1S/C20H16N2O4S/c23-18-12-26-20(25)22(18)11-15(13-6-2-1-3-7-13)21-19(24)17-10-14-8-4-5-9-16(14)27-17/h1-10,15H,11-12H2,(H,21,24). The molecule has 1 N–H and O–H groups in total. The number of imide groups is 1. The third-order valence-corrected chi connectivity index (χ3v) is 5.48. The molecule has 2 heterocycles. The first-order chi connectivity index (χ1) is 13.1. The van der Waals surface area contributed by atoms with Gasteiger partial charge in [0.15, 0.2) is 6.61 Å². The van der Waals surface area contributed by atoms with E-state index in [1.807, 2.05) is 60.7 Å². The van der Waals surface area contributed by atoms with Crippen molar-refractivity contribution in [2.75, 3.05) is 13.2 Å². The van der Waals surface area contributed by atoms with E-state index in [9.17, 15) is 14.4 Å². The Hall–Kier alpha value is -3.19. The number of rotatable bonds is 5. The van der Waals surface area contributed by atoms with Crippen LogP contribution in [-0.4, -0.2) is 36.0 Å². The maximum absolute atomic E-state index is 12.8. The third-order valence-electron chi connectivity index (χ3n) is 4.36. The number of thiophene rings is 1. The maximum Gasteiger partial charge on any atom is 0.417 e. The molecule has 0 bridgehead atoms. The van der Waals surface area contributed by atoms with Gasteiger partial charge < -0.3 is 10.1 Å². The van der Waals surface area contributed by atoms with Crippen molar-refractivity contribution in [3.63, 3.8) is 0 Å². The van der Waals surface area contributed by atoms with E-state index in [2.05, 4.69) is 5.32 Å². The summed E-state index contributed by atoms with van der Waals surface area (Å²) in [6, 6.07) is 18.3. The molecule has 0 saturated carbocycles. The number of hydrogen-bond acceptors (Lipinski definition) is 5. The van der Waals surface area contributed by atoms with E-state index in [0.717, 1.165) is 20.5 Å². The molecule has 7 heteroatoms. The lowest BCUT2D eigenvalue weighted by molar-refractivity contribution is -0.126. The molecule has 3 amide bonds. The Morgan fingerprint density at radius 2 is 1.85 bits per heavy atom. The van der Waals surface area contributed by atoms with Crippen LogP contribution in [0.3, 0.4) is 0 Å². The summed E-state index contributed by atoms with van der Waals surface area (Å²) in [5, 5.41) is 3.95. The van der Waals surface area contributed by atoms with Gasteiger partial charge in [-0.05, 0) is 23.1 Å². The second kappa shape index (κ2) is 7.20. The van der Waals surface area contributed by atoms with Crippen LogP contribution in [0.2, 0.25) is 0 Å². The summed E-state index contributed by atoms with van der Waals surface area (Å²) in [4.78, 5) is 38.1. The summed E-state index contributed by atoms with van der Waals surface area (Å²) < 4.78 is 5.80. The Morgan fingerprint density at radius 3 is 2.56 bits per heavy atom. The van der Waals surface area contributed by atoms with Crippen LogP contribution in [0.15, 0.2) is 60.7 Å². The van der Waals surface area contributed by atoms with E-state index in [4.69, 9.17) is 4.74 Å². The highest BCUT2D eigenvalue weighted by Crippen LogP contribution is 2.26. The molecule has 1 aromatic heterocycles. The van der Waals surface area contributed by atoms with E-state index in [1.165, 1.54) is 11.3 Å². The number of carbonyl (C=O) groups excluding carboxylic acids is 3. The van der Waals surface area contributed by atoms with Crippen LogP contribution in [0.25, 0.3) is 10.1 Å². The van der Waals surface area contributed by atoms with Crippen molar-refractivity contribution < 1.29 is 19.1 Å². The summed E-state index contributed by atoms with van der Waals surface area (Å²) in [5.74, 6) is -0.651.